The third-order valence-electron chi connectivity index (χ3n) is 6.37. The smallest absolute Gasteiger partial charge is 0.318 e. The predicted octanol–water partition coefficient (Wildman–Crippen LogP) is 4.42. The molecule has 0 amide bonds. The fourth-order valence-corrected chi connectivity index (χ4v) is 4.95. The van der Waals surface area contributed by atoms with Crippen LogP contribution in [0.5, 0.6) is 6.01 Å². The molecule has 164 valence electrons. The Labute approximate surface area is 186 Å². The number of aliphatic hydroxyl groups is 1. The minimum atomic E-state index is -0.106. The molecule has 2 N–H and O–H groups in total. The van der Waals surface area contributed by atoms with Crippen molar-refractivity contribution >= 4 is 28.5 Å². The highest BCUT2D eigenvalue weighted by Crippen LogP contribution is 2.34. The van der Waals surface area contributed by atoms with Crippen LogP contribution in [0.3, 0.4) is 0 Å². The summed E-state index contributed by atoms with van der Waals surface area (Å²) in [5, 5.41) is 14.3. The van der Waals surface area contributed by atoms with Crippen LogP contribution in [0.1, 0.15) is 68.7 Å². The molecule has 3 aromatic rings. The van der Waals surface area contributed by atoms with Gasteiger partial charge in [0.2, 0.25) is 5.28 Å². The van der Waals surface area contributed by atoms with E-state index in [1.54, 1.807) is 12.4 Å². The number of aromatic nitrogens is 5. The minimum Gasteiger partial charge on any atom is -0.457 e. The van der Waals surface area contributed by atoms with E-state index in [0.717, 1.165) is 42.4 Å². The molecule has 0 bridgehead atoms. The molecule has 0 unspecified atom stereocenters. The van der Waals surface area contributed by atoms with Crippen molar-refractivity contribution in [2.24, 2.45) is 0 Å². The van der Waals surface area contributed by atoms with E-state index < -0.39 is 0 Å². The van der Waals surface area contributed by atoms with Gasteiger partial charge in [0.25, 0.3) is 0 Å². The maximum absolute atomic E-state index is 9.66. The lowest BCUT2D eigenvalue weighted by Gasteiger charge is -2.18. The average Bonchev–Trinajstić information content (AvgIpc) is 3.53. The van der Waals surface area contributed by atoms with Crippen molar-refractivity contribution in [1.29, 1.82) is 0 Å². The van der Waals surface area contributed by atoms with Gasteiger partial charge >= 0.3 is 6.01 Å². The lowest BCUT2D eigenvalue weighted by Crippen LogP contribution is -2.18. The van der Waals surface area contributed by atoms with Crippen molar-refractivity contribution in [3.63, 3.8) is 0 Å². The fourth-order valence-electron chi connectivity index (χ4n) is 4.83. The van der Waals surface area contributed by atoms with Gasteiger partial charge in [0, 0.05) is 35.4 Å². The van der Waals surface area contributed by atoms with Gasteiger partial charge in [0.15, 0.2) is 0 Å². The lowest BCUT2D eigenvalue weighted by atomic mass is 10.2. The molecule has 0 aromatic carbocycles. The van der Waals surface area contributed by atoms with E-state index in [1.165, 1.54) is 25.7 Å². The van der Waals surface area contributed by atoms with E-state index >= 15 is 0 Å². The van der Waals surface area contributed by atoms with Crippen LogP contribution in [0.25, 0.3) is 11.0 Å². The molecule has 9 heteroatoms. The van der Waals surface area contributed by atoms with E-state index in [4.69, 9.17) is 16.3 Å². The van der Waals surface area contributed by atoms with Gasteiger partial charge in [-0.25, -0.2) is 9.97 Å². The Kier molecular flexibility index (Phi) is 5.91. The highest BCUT2D eigenvalue weighted by atomic mass is 35.5. The van der Waals surface area contributed by atoms with Crippen LogP contribution in [-0.4, -0.2) is 35.7 Å². The monoisotopic (exact) mass is 442 g/mol. The van der Waals surface area contributed by atoms with E-state index in [-0.39, 0.29) is 11.9 Å². The minimum absolute atomic E-state index is 0.106. The van der Waals surface area contributed by atoms with Gasteiger partial charge in [0.05, 0.1) is 12.3 Å². The summed E-state index contributed by atoms with van der Waals surface area (Å²) in [6, 6.07) is 3.13. The molecule has 0 saturated heterocycles. The SMILES string of the molecule is OCc1cnc(OCc2cc3cnc(Cl)nc3n2C2CCCC2)nc1NC1CCCC1. The van der Waals surface area contributed by atoms with Crippen molar-refractivity contribution in [2.45, 2.75) is 76.7 Å². The molecule has 8 nitrogen and oxygen atoms in total. The molecule has 3 heterocycles. The quantitative estimate of drug-likeness (QED) is 0.522. The van der Waals surface area contributed by atoms with Gasteiger partial charge in [-0.3, -0.25) is 0 Å². The predicted molar refractivity (Wildman–Crippen MR) is 118 cm³/mol. The van der Waals surface area contributed by atoms with Gasteiger partial charge < -0.3 is 19.7 Å². The first-order chi connectivity index (χ1) is 15.2. The van der Waals surface area contributed by atoms with Crippen molar-refractivity contribution in [1.82, 2.24) is 24.5 Å². The van der Waals surface area contributed by atoms with E-state index in [2.05, 4.69) is 35.9 Å². The van der Waals surface area contributed by atoms with Crippen LogP contribution in [-0.2, 0) is 13.2 Å². The second kappa shape index (κ2) is 8.96. The fraction of sp³-hybridized carbons (Fsp3) is 0.545. The number of hydrogen-bond acceptors (Lipinski definition) is 7. The van der Waals surface area contributed by atoms with E-state index in [9.17, 15) is 5.11 Å². The van der Waals surface area contributed by atoms with Gasteiger partial charge in [-0.05, 0) is 43.4 Å². The zero-order valence-corrected chi connectivity index (χ0v) is 18.2. The first-order valence-corrected chi connectivity index (χ1v) is 11.5. The maximum atomic E-state index is 9.66. The number of anilines is 1. The van der Waals surface area contributed by atoms with Crippen molar-refractivity contribution < 1.29 is 9.84 Å². The topological polar surface area (TPSA) is 98.0 Å². The first kappa shape index (κ1) is 20.5. The Bertz CT molecular complexity index is 1060. The summed E-state index contributed by atoms with van der Waals surface area (Å²) in [6.45, 7) is 0.219. The molecule has 2 fully saturated rings. The summed E-state index contributed by atoms with van der Waals surface area (Å²) >= 11 is 6.08. The molecule has 0 aliphatic heterocycles. The highest BCUT2D eigenvalue weighted by Gasteiger charge is 2.23. The number of hydrogen-bond donors (Lipinski definition) is 2. The first-order valence-electron chi connectivity index (χ1n) is 11.1. The zero-order chi connectivity index (χ0) is 21.2. The molecule has 2 aliphatic carbocycles. The Morgan fingerprint density at radius 1 is 1.06 bits per heavy atom. The average molecular weight is 443 g/mol. The molecular weight excluding hydrogens is 416 g/mol. The van der Waals surface area contributed by atoms with Crippen molar-refractivity contribution in [3.8, 4) is 6.01 Å². The molecular formula is C22H27ClN6O2. The Hall–Kier alpha value is -2.45. The normalized spacial score (nSPS) is 17.6. The molecule has 3 aromatic heterocycles. The Balaban J connectivity index is 1.40. The molecule has 0 radical (unpaired) electrons. The van der Waals surface area contributed by atoms with Crippen LogP contribution < -0.4 is 10.1 Å². The lowest BCUT2D eigenvalue weighted by molar-refractivity contribution is 0.263. The molecule has 0 atom stereocenters. The summed E-state index contributed by atoms with van der Waals surface area (Å²) in [5.74, 6) is 0.661. The molecule has 2 aliphatic rings. The molecule has 31 heavy (non-hydrogen) atoms. The van der Waals surface area contributed by atoms with Crippen molar-refractivity contribution in [3.05, 3.63) is 35.0 Å². The Morgan fingerprint density at radius 2 is 1.84 bits per heavy atom. The van der Waals surface area contributed by atoms with E-state index in [1.807, 2.05) is 0 Å². The third kappa shape index (κ3) is 4.32. The highest BCUT2D eigenvalue weighted by molar-refractivity contribution is 6.28. The van der Waals surface area contributed by atoms with Gasteiger partial charge in [0.1, 0.15) is 18.1 Å². The largest absolute Gasteiger partial charge is 0.457 e. The number of aliphatic hydroxyl groups excluding tert-OH is 1. The van der Waals surface area contributed by atoms with Gasteiger partial charge in [-0.15, -0.1) is 0 Å². The summed E-state index contributed by atoms with van der Waals surface area (Å²) in [4.78, 5) is 17.5. The number of ether oxygens (including phenoxy) is 1. The number of rotatable bonds is 7. The zero-order valence-electron chi connectivity index (χ0n) is 17.4. The molecule has 5 rings (SSSR count). The number of nitrogens with one attached hydrogen (secondary N) is 1. The van der Waals surface area contributed by atoms with Crippen LogP contribution in [0.4, 0.5) is 5.82 Å². The van der Waals surface area contributed by atoms with Gasteiger partial charge in [-0.1, -0.05) is 25.7 Å². The summed E-state index contributed by atoms with van der Waals surface area (Å²) in [6.07, 6.45) is 12.7. The summed E-state index contributed by atoms with van der Waals surface area (Å²) in [7, 11) is 0. The summed E-state index contributed by atoms with van der Waals surface area (Å²) < 4.78 is 8.26. The third-order valence-corrected chi connectivity index (χ3v) is 6.56. The van der Waals surface area contributed by atoms with Crippen LogP contribution in [0, 0.1) is 0 Å². The number of fused-ring (bicyclic) bond motifs is 1. The standard InChI is InChI=1S/C22H27ClN6O2/c23-21-24-10-14-9-18(29(20(14)28-21)17-7-3-4-8-17)13-31-22-25-11-15(12-30)19(27-22)26-16-5-1-2-6-16/h9-11,16-17,30H,1-8,12-13H2,(H,25,26,27). The second-order valence-corrected chi connectivity index (χ2v) is 8.80. The van der Waals surface area contributed by atoms with Crippen molar-refractivity contribution in [2.75, 3.05) is 5.32 Å². The second-order valence-electron chi connectivity index (χ2n) is 8.46. The molecule has 2 saturated carbocycles. The van der Waals surface area contributed by atoms with Gasteiger partial charge in [-0.2, -0.15) is 9.97 Å². The number of nitrogens with zero attached hydrogens (tertiary/aromatic N) is 5. The molecule has 0 spiro atoms. The maximum Gasteiger partial charge on any atom is 0.318 e. The van der Waals surface area contributed by atoms with Crippen LogP contribution >= 0.6 is 11.6 Å². The van der Waals surface area contributed by atoms with E-state index in [0.29, 0.717) is 36.1 Å². The summed E-state index contributed by atoms with van der Waals surface area (Å²) in [5.41, 5.74) is 2.55. The van der Waals surface area contributed by atoms with Crippen LogP contribution in [0.15, 0.2) is 18.5 Å². The number of halogens is 1. The Morgan fingerprint density at radius 3 is 2.61 bits per heavy atom. The van der Waals surface area contributed by atoms with Crippen LogP contribution in [0.2, 0.25) is 5.28 Å².